The lowest BCUT2D eigenvalue weighted by atomic mass is 10.2. The molecule has 5 heteroatoms. The lowest BCUT2D eigenvalue weighted by Gasteiger charge is -2.11. The monoisotopic (exact) mass is 309 g/mol. The van der Waals surface area contributed by atoms with Gasteiger partial charge in [0.25, 0.3) is 0 Å². The Morgan fingerprint density at radius 1 is 1.33 bits per heavy atom. The number of ether oxygens (including phenoxy) is 1. The SMILES string of the molecule is N[C@H](COCc1ccc(Br)cc1)Cc1cnc[nH]1. The third-order valence-corrected chi connectivity index (χ3v) is 3.08. The molecule has 1 aromatic carbocycles. The molecule has 0 aliphatic rings. The third kappa shape index (κ3) is 4.25. The highest BCUT2D eigenvalue weighted by atomic mass is 79.9. The second-order valence-corrected chi connectivity index (χ2v) is 5.10. The summed E-state index contributed by atoms with van der Waals surface area (Å²) in [5, 5.41) is 0. The number of hydrogen-bond donors (Lipinski definition) is 2. The van der Waals surface area contributed by atoms with Gasteiger partial charge in [0.1, 0.15) is 0 Å². The summed E-state index contributed by atoms with van der Waals surface area (Å²) in [6, 6.07) is 8.06. The summed E-state index contributed by atoms with van der Waals surface area (Å²) in [6.07, 6.45) is 4.19. The molecule has 2 rings (SSSR count). The van der Waals surface area contributed by atoms with Crippen LogP contribution in [0.2, 0.25) is 0 Å². The maximum absolute atomic E-state index is 5.97. The van der Waals surface area contributed by atoms with Crippen LogP contribution in [0.4, 0.5) is 0 Å². The fourth-order valence-corrected chi connectivity index (χ4v) is 1.91. The lowest BCUT2D eigenvalue weighted by Crippen LogP contribution is -2.28. The van der Waals surface area contributed by atoms with Crippen LogP contribution >= 0.6 is 15.9 Å². The van der Waals surface area contributed by atoms with Crippen LogP contribution in [-0.2, 0) is 17.8 Å². The van der Waals surface area contributed by atoms with Crippen molar-refractivity contribution < 1.29 is 4.74 Å². The van der Waals surface area contributed by atoms with Crippen LogP contribution in [0.5, 0.6) is 0 Å². The van der Waals surface area contributed by atoms with E-state index in [2.05, 4.69) is 25.9 Å². The number of nitrogens with two attached hydrogens (primary N) is 1. The van der Waals surface area contributed by atoms with Gasteiger partial charge in [-0.2, -0.15) is 0 Å². The topological polar surface area (TPSA) is 63.9 Å². The van der Waals surface area contributed by atoms with E-state index < -0.39 is 0 Å². The highest BCUT2D eigenvalue weighted by Gasteiger charge is 2.05. The first-order chi connectivity index (χ1) is 8.74. The highest BCUT2D eigenvalue weighted by Crippen LogP contribution is 2.11. The van der Waals surface area contributed by atoms with Crippen molar-refractivity contribution in [1.29, 1.82) is 0 Å². The Balaban J connectivity index is 1.70. The minimum atomic E-state index is -0.0131. The molecule has 0 bridgehead atoms. The molecule has 1 atom stereocenters. The van der Waals surface area contributed by atoms with Crippen molar-refractivity contribution in [3.63, 3.8) is 0 Å². The van der Waals surface area contributed by atoms with Crippen LogP contribution in [0, 0.1) is 0 Å². The fourth-order valence-electron chi connectivity index (χ4n) is 1.65. The highest BCUT2D eigenvalue weighted by molar-refractivity contribution is 9.10. The largest absolute Gasteiger partial charge is 0.375 e. The van der Waals surface area contributed by atoms with E-state index in [1.54, 1.807) is 12.5 Å². The van der Waals surface area contributed by atoms with Crippen LogP contribution in [0.1, 0.15) is 11.3 Å². The number of nitrogens with one attached hydrogen (secondary N) is 1. The predicted octanol–water partition coefficient (Wildman–Crippen LogP) is 2.26. The van der Waals surface area contributed by atoms with Gasteiger partial charge in [-0.05, 0) is 17.7 Å². The Morgan fingerprint density at radius 2 is 2.11 bits per heavy atom. The number of aromatic nitrogens is 2. The quantitative estimate of drug-likeness (QED) is 0.860. The molecule has 0 aliphatic heterocycles. The molecule has 1 heterocycles. The van der Waals surface area contributed by atoms with Crippen molar-refractivity contribution in [2.75, 3.05) is 6.61 Å². The van der Waals surface area contributed by atoms with Gasteiger partial charge >= 0.3 is 0 Å². The summed E-state index contributed by atoms with van der Waals surface area (Å²) in [6.45, 7) is 1.12. The third-order valence-electron chi connectivity index (χ3n) is 2.55. The van der Waals surface area contributed by atoms with Crippen LogP contribution in [0.25, 0.3) is 0 Å². The van der Waals surface area contributed by atoms with Crippen molar-refractivity contribution in [1.82, 2.24) is 9.97 Å². The first-order valence-corrected chi connectivity index (χ1v) is 6.58. The molecule has 0 unspecified atom stereocenters. The molecule has 18 heavy (non-hydrogen) atoms. The Labute approximate surface area is 115 Å². The second kappa shape index (κ2) is 6.68. The molecular formula is C13H16BrN3O. The number of benzene rings is 1. The smallest absolute Gasteiger partial charge is 0.0921 e. The van der Waals surface area contributed by atoms with E-state index in [-0.39, 0.29) is 6.04 Å². The fraction of sp³-hybridized carbons (Fsp3) is 0.308. The van der Waals surface area contributed by atoms with Crippen molar-refractivity contribution in [3.05, 3.63) is 52.5 Å². The molecule has 0 amide bonds. The number of H-pyrrole nitrogens is 1. The first kappa shape index (κ1) is 13.3. The van der Waals surface area contributed by atoms with E-state index in [0.29, 0.717) is 13.2 Å². The molecule has 0 saturated carbocycles. The van der Waals surface area contributed by atoms with Crippen molar-refractivity contribution >= 4 is 15.9 Å². The van der Waals surface area contributed by atoms with Gasteiger partial charge < -0.3 is 15.5 Å². The normalized spacial score (nSPS) is 12.6. The summed E-state index contributed by atoms with van der Waals surface area (Å²) in [5.41, 5.74) is 8.16. The molecule has 0 saturated heterocycles. The average molecular weight is 310 g/mol. The number of hydrogen-bond acceptors (Lipinski definition) is 3. The number of imidazole rings is 1. The van der Waals surface area contributed by atoms with Crippen LogP contribution in [0.3, 0.4) is 0 Å². The number of rotatable bonds is 6. The van der Waals surface area contributed by atoms with Gasteiger partial charge in [-0.1, -0.05) is 28.1 Å². The Kier molecular flexibility index (Phi) is 4.92. The van der Waals surface area contributed by atoms with Crippen molar-refractivity contribution in [2.45, 2.75) is 19.1 Å². The molecule has 2 aromatic rings. The van der Waals surface area contributed by atoms with Gasteiger partial charge in [0.15, 0.2) is 0 Å². The van der Waals surface area contributed by atoms with Crippen LogP contribution < -0.4 is 5.73 Å². The molecule has 96 valence electrons. The molecule has 0 radical (unpaired) electrons. The van der Waals surface area contributed by atoms with Gasteiger partial charge in [-0.15, -0.1) is 0 Å². The molecule has 0 aliphatic carbocycles. The van der Waals surface area contributed by atoms with Crippen LogP contribution in [-0.4, -0.2) is 22.6 Å². The van der Waals surface area contributed by atoms with E-state index >= 15 is 0 Å². The number of aromatic amines is 1. The maximum atomic E-state index is 5.97. The Bertz CT molecular complexity index is 456. The maximum Gasteiger partial charge on any atom is 0.0921 e. The molecule has 0 fully saturated rings. The number of nitrogens with zero attached hydrogens (tertiary/aromatic N) is 1. The van der Waals surface area contributed by atoms with E-state index in [4.69, 9.17) is 10.5 Å². The minimum absolute atomic E-state index is 0.0131. The van der Waals surface area contributed by atoms with Gasteiger partial charge in [0, 0.05) is 28.8 Å². The van der Waals surface area contributed by atoms with E-state index in [0.717, 1.165) is 22.2 Å². The average Bonchev–Trinajstić information content (AvgIpc) is 2.84. The Morgan fingerprint density at radius 3 is 2.78 bits per heavy atom. The summed E-state index contributed by atoms with van der Waals surface area (Å²) >= 11 is 3.40. The van der Waals surface area contributed by atoms with Crippen LogP contribution in [0.15, 0.2) is 41.3 Å². The zero-order valence-corrected chi connectivity index (χ0v) is 11.6. The molecule has 3 N–H and O–H groups in total. The second-order valence-electron chi connectivity index (χ2n) is 4.18. The van der Waals surface area contributed by atoms with Gasteiger partial charge in [0.05, 0.1) is 19.5 Å². The molecular weight excluding hydrogens is 294 g/mol. The molecule has 4 nitrogen and oxygen atoms in total. The zero-order chi connectivity index (χ0) is 12.8. The molecule has 1 aromatic heterocycles. The standard InChI is InChI=1S/C13H16BrN3O/c14-11-3-1-10(2-4-11)7-18-8-12(15)5-13-6-16-9-17-13/h1-4,6,9,12H,5,7-8,15H2,(H,16,17)/t12-/m0/s1. The van der Waals surface area contributed by atoms with E-state index in [1.165, 1.54) is 0 Å². The van der Waals surface area contributed by atoms with Crippen molar-refractivity contribution in [2.24, 2.45) is 5.73 Å². The molecule has 0 spiro atoms. The van der Waals surface area contributed by atoms with Gasteiger partial charge in [-0.3, -0.25) is 0 Å². The lowest BCUT2D eigenvalue weighted by molar-refractivity contribution is 0.107. The summed E-state index contributed by atoms with van der Waals surface area (Å²) in [7, 11) is 0. The summed E-state index contributed by atoms with van der Waals surface area (Å²) in [4.78, 5) is 6.99. The van der Waals surface area contributed by atoms with Gasteiger partial charge in [-0.25, -0.2) is 4.98 Å². The first-order valence-electron chi connectivity index (χ1n) is 5.79. The summed E-state index contributed by atoms with van der Waals surface area (Å²) in [5.74, 6) is 0. The van der Waals surface area contributed by atoms with Crippen molar-refractivity contribution in [3.8, 4) is 0 Å². The number of halogens is 1. The zero-order valence-electron chi connectivity index (χ0n) is 9.97. The Hall–Kier alpha value is -1.17. The summed E-state index contributed by atoms with van der Waals surface area (Å²) < 4.78 is 6.67. The van der Waals surface area contributed by atoms with E-state index in [1.807, 2.05) is 24.3 Å². The van der Waals surface area contributed by atoms with E-state index in [9.17, 15) is 0 Å². The minimum Gasteiger partial charge on any atom is -0.375 e. The van der Waals surface area contributed by atoms with Gasteiger partial charge in [0.2, 0.25) is 0 Å². The predicted molar refractivity (Wildman–Crippen MR) is 74.1 cm³/mol.